The lowest BCUT2D eigenvalue weighted by Crippen LogP contribution is -2.41. The molecule has 200 valence electrons. The number of nitrogens with zero attached hydrogens (tertiary/aromatic N) is 5. The van der Waals surface area contributed by atoms with Crippen LogP contribution in [0.15, 0.2) is 34.9 Å². The lowest BCUT2D eigenvalue weighted by atomic mass is 10.0. The first-order valence-corrected chi connectivity index (χ1v) is 13.7. The number of rotatable bonds is 9. The fourth-order valence-electron chi connectivity index (χ4n) is 5.09. The van der Waals surface area contributed by atoms with Crippen LogP contribution in [0.1, 0.15) is 65.7 Å². The second kappa shape index (κ2) is 13.7. The summed E-state index contributed by atoms with van der Waals surface area (Å²) in [5.41, 5.74) is 2.34. The summed E-state index contributed by atoms with van der Waals surface area (Å²) in [6.07, 6.45) is 15.7. The topological polar surface area (TPSA) is 81.1 Å². The first-order chi connectivity index (χ1) is 17.4. The highest BCUT2D eigenvalue weighted by Crippen LogP contribution is 2.15. The molecule has 3 heterocycles. The molecule has 2 unspecified atom stereocenters. The number of fused-ring (bicyclic) bond motifs is 1. The van der Waals surface area contributed by atoms with Crippen LogP contribution in [0.5, 0.6) is 0 Å². The van der Waals surface area contributed by atoms with Crippen LogP contribution in [0.3, 0.4) is 0 Å². The molecule has 0 spiro atoms. The van der Waals surface area contributed by atoms with Crippen molar-refractivity contribution in [1.29, 1.82) is 5.41 Å². The molecule has 1 saturated heterocycles. The number of nitrogens with one attached hydrogen (secondary N) is 1. The maximum Gasteiger partial charge on any atom is 0.281 e. The average Bonchev–Trinajstić information content (AvgIpc) is 3.29. The number of methoxy groups -OCH3 is 1. The molecule has 1 N–H and O–H groups in total. The van der Waals surface area contributed by atoms with Gasteiger partial charge in [0.25, 0.3) is 5.56 Å². The molecule has 4 rings (SSSR count). The molecule has 2 aromatic heterocycles. The van der Waals surface area contributed by atoms with Crippen LogP contribution >= 0.6 is 0 Å². The fraction of sp³-hybridized carbons (Fsp3) is 0.679. The van der Waals surface area contributed by atoms with E-state index in [0.29, 0.717) is 24.3 Å². The fourth-order valence-corrected chi connectivity index (χ4v) is 5.09. The van der Waals surface area contributed by atoms with Crippen LogP contribution in [0.2, 0.25) is 0 Å². The van der Waals surface area contributed by atoms with Crippen molar-refractivity contribution < 1.29 is 4.74 Å². The van der Waals surface area contributed by atoms with E-state index in [-0.39, 0.29) is 17.3 Å². The molecule has 1 aliphatic heterocycles. The van der Waals surface area contributed by atoms with Gasteiger partial charge in [0.15, 0.2) is 11.2 Å². The highest BCUT2D eigenvalue weighted by atomic mass is 16.5. The molecule has 0 radical (unpaired) electrons. The quantitative estimate of drug-likeness (QED) is 0.522. The molecule has 0 saturated carbocycles. The molecular weight excluding hydrogens is 452 g/mol. The molecule has 2 aromatic rings. The van der Waals surface area contributed by atoms with E-state index in [1.165, 1.54) is 25.9 Å². The molecule has 0 amide bonds. The number of hydrogen-bond donors (Lipinski definition) is 1. The number of piperidine rings is 1. The van der Waals surface area contributed by atoms with Gasteiger partial charge in [-0.3, -0.25) is 19.3 Å². The van der Waals surface area contributed by atoms with E-state index in [1.807, 2.05) is 21.3 Å². The van der Waals surface area contributed by atoms with Crippen LogP contribution in [-0.2, 0) is 24.4 Å². The number of aryl methyl sites for hydroxylation is 2. The number of likely N-dealkylation sites (tertiary alicyclic amines) is 1. The van der Waals surface area contributed by atoms with Crippen molar-refractivity contribution in [3.8, 4) is 0 Å². The summed E-state index contributed by atoms with van der Waals surface area (Å²) in [5, 5.41) is 8.65. The number of aromatic nitrogens is 4. The first kappa shape index (κ1) is 28.1. The Bertz CT molecular complexity index is 1150. The van der Waals surface area contributed by atoms with E-state index in [1.54, 1.807) is 18.0 Å². The lowest BCUT2D eigenvalue weighted by molar-refractivity contribution is 0.142. The summed E-state index contributed by atoms with van der Waals surface area (Å²) < 4.78 is 10.7. The van der Waals surface area contributed by atoms with E-state index in [9.17, 15) is 4.79 Å². The predicted molar refractivity (Wildman–Crippen MR) is 146 cm³/mol. The van der Waals surface area contributed by atoms with Gasteiger partial charge in [-0.2, -0.15) is 0 Å². The summed E-state index contributed by atoms with van der Waals surface area (Å²) in [5.74, 6) is 0.939. The molecule has 8 heteroatoms. The maximum atomic E-state index is 13.3. The Kier molecular flexibility index (Phi) is 10.7. The van der Waals surface area contributed by atoms with Gasteiger partial charge in [-0.1, -0.05) is 51.8 Å². The van der Waals surface area contributed by atoms with Gasteiger partial charge in [-0.15, -0.1) is 0 Å². The average molecular weight is 499 g/mol. The zero-order valence-electron chi connectivity index (χ0n) is 23.0. The Hall–Kier alpha value is -2.45. The van der Waals surface area contributed by atoms with E-state index in [4.69, 9.17) is 10.1 Å². The van der Waals surface area contributed by atoms with Crippen molar-refractivity contribution in [3.63, 3.8) is 0 Å². The van der Waals surface area contributed by atoms with E-state index in [2.05, 4.69) is 43.8 Å². The zero-order chi connectivity index (χ0) is 26.1. The number of unbranched alkanes of at least 4 members (excludes halogenated alkanes) is 2. The molecule has 0 bridgehead atoms. The number of ether oxygens (including phenoxy) is 1. The second-order valence-electron chi connectivity index (χ2n) is 10.3. The smallest absolute Gasteiger partial charge is 0.281 e. The number of allylic oxidation sites excluding steroid dienone is 2. The Morgan fingerprint density at radius 2 is 1.97 bits per heavy atom. The van der Waals surface area contributed by atoms with Gasteiger partial charge in [0.05, 0.1) is 19.0 Å². The van der Waals surface area contributed by atoms with Gasteiger partial charge in [-0.05, 0) is 57.2 Å². The maximum absolute atomic E-state index is 13.3. The zero-order valence-corrected chi connectivity index (χ0v) is 23.0. The van der Waals surface area contributed by atoms with Crippen molar-refractivity contribution in [2.24, 2.45) is 5.92 Å². The first-order valence-electron chi connectivity index (χ1n) is 13.7. The van der Waals surface area contributed by atoms with Crippen molar-refractivity contribution >= 4 is 11.2 Å². The third-order valence-electron chi connectivity index (χ3n) is 7.12. The van der Waals surface area contributed by atoms with Crippen LogP contribution in [0.25, 0.3) is 11.2 Å². The van der Waals surface area contributed by atoms with E-state index < -0.39 is 0 Å². The standard InChI is InChI=1S/C21H31N5O2.C7H15N/c1-4-6-7-13-24-15-23-19-18(24)20(27)26(21(22)25(19)12-5-2)14-16-8-10-17(28-3)11-9-16;1-7-4-3-5-8(2)6-7/h8-10,15,17,22H,4-7,11-14H2,1-3H3;7H,3-6H2,1-2H3. The highest BCUT2D eigenvalue weighted by molar-refractivity contribution is 5.70. The monoisotopic (exact) mass is 498 g/mol. The minimum Gasteiger partial charge on any atom is -0.377 e. The summed E-state index contributed by atoms with van der Waals surface area (Å²) in [7, 11) is 3.90. The van der Waals surface area contributed by atoms with Crippen molar-refractivity contribution in [2.75, 3.05) is 27.2 Å². The highest BCUT2D eigenvalue weighted by Gasteiger charge is 2.17. The third-order valence-corrected chi connectivity index (χ3v) is 7.12. The van der Waals surface area contributed by atoms with Crippen molar-refractivity contribution in [3.05, 3.63) is 46.1 Å². The normalized spacial score (nSPS) is 20.3. The molecule has 36 heavy (non-hydrogen) atoms. The molecule has 0 aromatic carbocycles. The number of imidazole rings is 1. The molecule has 2 atom stereocenters. The lowest BCUT2D eigenvalue weighted by Gasteiger charge is -2.26. The Morgan fingerprint density at radius 3 is 2.56 bits per heavy atom. The minimum atomic E-state index is -0.135. The molecule has 1 fully saturated rings. The second-order valence-corrected chi connectivity index (χ2v) is 10.3. The van der Waals surface area contributed by atoms with Gasteiger partial charge in [0.1, 0.15) is 0 Å². The molecular formula is C28H46N6O2. The molecule has 8 nitrogen and oxygen atoms in total. The van der Waals surface area contributed by atoms with Crippen LogP contribution in [-0.4, -0.2) is 56.9 Å². The Labute approximate surface area is 215 Å². The van der Waals surface area contributed by atoms with E-state index >= 15 is 0 Å². The van der Waals surface area contributed by atoms with Crippen LogP contribution in [0.4, 0.5) is 0 Å². The Balaban J connectivity index is 0.000000383. The summed E-state index contributed by atoms with van der Waals surface area (Å²) >= 11 is 0. The third kappa shape index (κ3) is 7.07. The summed E-state index contributed by atoms with van der Waals surface area (Å²) in [6, 6.07) is 0. The number of hydrogen-bond acceptors (Lipinski definition) is 5. The van der Waals surface area contributed by atoms with Gasteiger partial charge in [0, 0.05) is 26.7 Å². The van der Waals surface area contributed by atoms with Crippen molar-refractivity contribution in [1.82, 2.24) is 23.6 Å². The van der Waals surface area contributed by atoms with E-state index in [0.717, 1.165) is 50.1 Å². The van der Waals surface area contributed by atoms with Gasteiger partial charge >= 0.3 is 0 Å². The molecule has 1 aliphatic carbocycles. The van der Waals surface area contributed by atoms with Crippen molar-refractivity contribution in [2.45, 2.75) is 91.5 Å². The summed E-state index contributed by atoms with van der Waals surface area (Å²) in [6.45, 7) is 11.0. The Morgan fingerprint density at radius 1 is 1.17 bits per heavy atom. The SMILES string of the molecule is CC1CCCN(C)C1.CCCCCn1cnc2c1c(=O)n(CC1=CCC(OC)C=C1)c(=N)n2CCC. The minimum absolute atomic E-state index is 0.0865. The van der Waals surface area contributed by atoms with Crippen LogP contribution < -0.4 is 11.2 Å². The largest absolute Gasteiger partial charge is 0.377 e. The van der Waals surface area contributed by atoms with Crippen LogP contribution in [0, 0.1) is 11.3 Å². The van der Waals surface area contributed by atoms with Gasteiger partial charge in [-0.25, -0.2) is 4.98 Å². The van der Waals surface area contributed by atoms with Gasteiger partial charge < -0.3 is 14.2 Å². The van der Waals surface area contributed by atoms with Gasteiger partial charge in [0.2, 0.25) is 5.62 Å². The molecule has 2 aliphatic rings. The predicted octanol–water partition coefficient (Wildman–Crippen LogP) is 4.33. The summed E-state index contributed by atoms with van der Waals surface area (Å²) in [4.78, 5) is 20.2.